The van der Waals surface area contributed by atoms with Crippen LogP contribution in [0.25, 0.3) is 10.9 Å². The summed E-state index contributed by atoms with van der Waals surface area (Å²) in [5, 5.41) is 0.856. The Morgan fingerprint density at radius 1 is 1.07 bits per heavy atom. The predicted molar refractivity (Wildman–Crippen MR) is 113 cm³/mol. The summed E-state index contributed by atoms with van der Waals surface area (Å²) in [5.74, 6) is 0.778. The number of anilines is 1. The first-order chi connectivity index (χ1) is 13.1. The minimum absolute atomic E-state index is 0.174. The number of aromatic nitrogens is 1. The largest absolute Gasteiger partial charge is 0.489 e. The van der Waals surface area contributed by atoms with Gasteiger partial charge in [0.25, 0.3) is 5.56 Å². The Morgan fingerprint density at radius 3 is 2.56 bits per heavy atom. The van der Waals surface area contributed by atoms with Gasteiger partial charge in [0.2, 0.25) is 5.75 Å². The van der Waals surface area contributed by atoms with E-state index >= 15 is 0 Å². The lowest BCUT2D eigenvalue weighted by atomic mass is 10.1. The highest BCUT2D eigenvalue weighted by Gasteiger charge is 2.19. The Morgan fingerprint density at radius 2 is 1.85 bits per heavy atom. The Kier molecular flexibility index (Phi) is 8.24. The number of fused-ring (bicyclic) bond motifs is 1. The molecular formula is C22H32N2O3. The van der Waals surface area contributed by atoms with Crippen molar-refractivity contribution in [3.8, 4) is 11.5 Å². The van der Waals surface area contributed by atoms with Crippen molar-refractivity contribution in [1.29, 1.82) is 0 Å². The van der Waals surface area contributed by atoms with E-state index in [1.54, 1.807) is 10.6 Å². The second kappa shape index (κ2) is 10.7. The minimum atomic E-state index is -0.174. The van der Waals surface area contributed by atoms with Gasteiger partial charge in [0.1, 0.15) is 6.61 Å². The summed E-state index contributed by atoms with van der Waals surface area (Å²) < 4.78 is 13.6. The smallest absolute Gasteiger partial charge is 0.297 e. The number of benzene rings is 1. The maximum atomic E-state index is 13.1. The van der Waals surface area contributed by atoms with Gasteiger partial charge in [-0.2, -0.15) is 0 Å². The molecule has 0 unspecified atom stereocenters. The summed E-state index contributed by atoms with van der Waals surface area (Å²) in [6.07, 6.45) is 7.94. The normalized spacial score (nSPS) is 10.9. The number of nitrogen functional groups attached to an aromatic ring is 1. The minimum Gasteiger partial charge on any atom is -0.489 e. The average Bonchev–Trinajstić information content (AvgIpc) is 2.66. The fourth-order valence-electron chi connectivity index (χ4n) is 3.07. The molecule has 0 aliphatic heterocycles. The quantitative estimate of drug-likeness (QED) is 0.327. The topological polar surface area (TPSA) is 66.5 Å². The highest BCUT2D eigenvalue weighted by molar-refractivity contribution is 5.90. The first kappa shape index (κ1) is 20.9. The molecule has 0 amide bonds. The molecule has 148 valence electrons. The van der Waals surface area contributed by atoms with Gasteiger partial charge >= 0.3 is 0 Å². The summed E-state index contributed by atoms with van der Waals surface area (Å²) in [7, 11) is 0. The van der Waals surface area contributed by atoms with Crippen LogP contribution in [0.5, 0.6) is 11.5 Å². The van der Waals surface area contributed by atoms with E-state index in [-0.39, 0.29) is 17.9 Å². The van der Waals surface area contributed by atoms with Gasteiger partial charge in [0.05, 0.1) is 12.1 Å². The van der Waals surface area contributed by atoms with Crippen LogP contribution in [0.15, 0.2) is 35.6 Å². The van der Waals surface area contributed by atoms with E-state index in [4.69, 9.17) is 15.2 Å². The van der Waals surface area contributed by atoms with Gasteiger partial charge in [-0.3, -0.25) is 4.79 Å². The highest BCUT2D eigenvalue weighted by atomic mass is 16.5. The van der Waals surface area contributed by atoms with E-state index in [1.165, 1.54) is 12.8 Å². The zero-order valence-corrected chi connectivity index (χ0v) is 16.6. The Labute approximate surface area is 161 Å². The highest BCUT2D eigenvalue weighted by Crippen LogP contribution is 2.34. The Bertz CT molecular complexity index is 811. The molecule has 0 atom stereocenters. The molecule has 2 aromatic rings. The Hall–Kier alpha value is -2.43. The van der Waals surface area contributed by atoms with Gasteiger partial charge in [0, 0.05) is 17.6 Å². The lowest BCUT2D eigenvalue weighted by molar-refractivity contribution is 0.276. The van der Waals surface area contributed by atoms with Crippen molar-refractivity contribution in [1.82, 2.24) is 4.57 Å². The van der Waals surface area contributed by atoms with Gasteiger partial charge in [-0.25, -0.2) is 0 Å². The molecule has 0 aliphatic rings. The van der Waals surface area contributed by atoms with E-state index in [2.05, 4.69) is 20.4 Å². The van der Waals surface area contributed by atoms with Crippen LogP contribution in [0, 0.1) is 0 Å². The zero-order chi connectivity index (χ0) is 19.6. The van der Waals surface area contributed by atoms with E-state index in [0.717, 1.165) is 36.6 Å². The lowest BCUT2D eigenvalue weighted by Gasteiger charge is -2.18. The van der Waals surface area contributed by atoms with E-state index in [9.17, 15) is 4.79 Å². The lowest BCUT2D eigenvalue weighted by Crippen LogP contribution is -2.24. The molecule has 0 saturated carbocycles. The number of hydrogen-bond donors (Lipinski definition) is 1. The van der Waals surface area contributed by atoms with Crippen molar-refractivity contribution in [3.63, 3.8) is 0 Å². The molecule has 2 N–H and O–H groups in total. The summed E-state index contributed by atoms with van der Waals surface area (Å²) in [6.45, 7) is 9.40. The number of rotatable bonds is 12. The van der Waals surface area contributed by atoms with Crippen LogP contribution >= 0.6 is 0 Å². The van der Waals surface area contributed by atoms with Crippen LogP contribution < -0.4 is 20.8 Å². The van der Waals surface area contributed by atoms with E-state index < -0.39 is 0 Å². The molecule has 0 aliphatic carbocycles. The number of hydrogen-bond acceptors (Lipinski definition) is 4. The summed E-state index contributed by atoms with van der Waals surface area (Å²) >= 11 is 0. The standard InChI is InChI=1S/C22H32N2O3/c1-4-7-9-10-15-27-20-18-12-11-17(23)16-19(18)24(13-8-5-2)22(25)21(20)26-14-6-3/h6,11-12,16H,3-5,7-10,13-15,23H2,1-2H3. The second-order valence-corrected chi connectivity index (χ2v) is 6.75. The third-order valence-electron chi connectivity index (χ3n) is 4.53. The third kappa shape index (κ3) is 5.28. The first-order valence-electron chi connectivity index (χ1n) is 9.96. The maximum Gasteiger partial charge on any atom is 0.297 e. The van der Waals surface area contributed by atoms with Crippen LogP contribution in [0.4, 0.5) is 5.69 Å². The van der Waals surface area contributed by atoms with Gasteiger partial charge < -0.3 is 19.8 Å². The fourth-order valence-corrected chi connectivity index (χ4v) is 3.07. The first-order valence-corrected chi connectivity index (χ1v) is 9.96. The molecule has 27 heavy (non-hydrogen) atoms. The van der Waals surface area contributed by atoms with E-state index in [1.807, 2.05) is 18.2 Å². The fraction of sp³-hybridized carbons (Fsp3) is 0.500. The van der Waals surface area contributed by atoms with E-state index in [0.29, 0.717) is 24.6 Å². The number of ether oxygens (including phenoxy) is 2. The number of unbranched alkanes of at least 4 members (excludes halogenated alkanes) is 4. The van der Waals surface area contributed by atoms with Crippen molar-refractivity contribution >= 4 is 16.6 Å². The van der Waals surface area contributed by atoms with Gasteiger partial charge in [-0.15, -0.1) is 0 Å². The number of aryl methyl sites for hydroxylation is 1. The van der Waals surface area contributed by atoms with Gasteiger partial charge in [-0.05, 0) is 31.0 Å². The molecule has 5 nitrogen and oxygen atoms in total. The molecule has 1 heterocycles. The number of nitrogens with zero attached hydrogens (tertiary/aromatic N) is 1. The molecule has 1 aromatic carbocycles. The van der Waals surface area contributed by atoms with Crippen molar-refractivity contribution in [2.75, 3.05) is 18.9 Å². The van der Waals surface area contributed by atoms with Crippen molar-refractivity contribution < 1.29 is 9.47 Å². The van der Waals surface area contributed by atoms with Crippen LogP contribution in [0.2, 0.25) is 0 Å². The zero-order valence-electron chi connectivity index (χ0n) is 16.6. The van der Waals surface area contributed by atoms with Crippen LogP contribution in [0.1, 0.15) is 52.4 Å². The van der Waals surface area contributed by atoms with Crippen molar-refractivity contribution in [2.45, 2.75) is 58.9 Å². The molecular weight excluding hydrogens is 340 g/mol. The molecule has 0 bridgehead atoms. The molecule has 5 heteroatoms. The molecule has 1 aromatic heterocycles. The number of nitrogens with two attached hydrogens (primary N) is 1. The predicted octanol–water partition coefficient (Wildman–Crippen LogP) is 4.91. The monoisotopic (exact) mass is 372 g/mol. The molecule has 0 radical (unpaired) electrons. The summed E-state index contributed by atoms with van der Waals surface area (Å²) in [5.41, 5.74) is 7.24. The average molecular weight is 373 g/mol. The second-order valence-electron chi connectivity index (χ2n) is 6.75. The molecule has 0 fully saturated rings. The summed E-state index contributed by atoms with van der Waals surface area (Å²) in [6, 6.07) is 5.58. The van der Waals surface area contributed by atoms with Crippen LogP contribution in [-0.2, 0) is 6.54 Å². The maximum absolute atomic E-state index is 13.1. The molecule has 2 rings (SSSR count). The number of pyridine rings is 1. The molecule has 0 spiro atoms. The van der Waals surface area contributed by atoms with Crippen molar-refractivity contribution in [2.24, 2.45) is 0 Å². The van der Waals surface area contributed by atoms with Gasteiger partial charge in [0.15, 0.2) is 5.75 Å². The Balaban J connectivity index is 2.51. The van der Waals surface area contributed by atoms with Gasteiger partial charge in [-0.1, -0.05) is 52.2 Å². The van der Waals surface area contributed by atoms with Crippen LogP contribution in [-0.4, -0.2) is 17.8 Å². The van der Waals surface area contributed by atoms with Crippen LogP contribution in [0.3, 0.4) is 0 Å². The third-order valence-corrected chi connectivity index (χ3v) is 4.53. The molecule has 0 saturated heterocycles. The van der Waals surface area contributed by atoms with Crippen molar-refractivity contribution in [3.05, 3.63) is 41.2 Å². The summed E-state index contributed by atoms with van der Waals surface area (Å²) in [4.78, 5) is 13.1. The SMILES string of the molecule is C=CCOc1c(OCCCCCC)c2ccc(N)cc2n(CCCC)c1=O.